The number of allylic oxidation sites excluding steroid dienone is 2. The molecule has 0 aromatic rings. The number of dihydropyridines is 1. The molecule has 1 aliphatic heterocycles. The molecule has 0 saturated carbocycles. The Hall–Kier alpha value is -1.07. The average molecular weight is 213 g/mol. The molecule has 0 fully saturated rings. The second-order valence-electron chi connectivity index (χ2n) is 2.86. The summed E-state index contributed by atoms with van der Waals surface area (Å²) in [5.74, 6) is 0. The largest absolute Gasteiger partial charge is 0.376 e. The lowest BCUT2D eigenvalue weighted by Gasteiger charge is -2.11. The maximum atomic E-state index is 5.38. The van der Waals surface area contributed by atoms with Crippen molar-refractivity contribution in [2.24, 2.45) is 5.73 Å². The molecule has 1 heterocycles. The first-order valence-electron chi connectivity index (χ1n) is 4.50. The number of hydrogen-bond acceptors (Lipinski definition) is 3. The van der Waals surface area contributed by atoms with E-state index in [-0.39, 0.29) is 0 Å². The molecular weight excluding hydrogens is 198 g/mol. The lowest BCUT2D eigenvalue weighted by Crippen LogP contribution is -2.32. The summed E-state index contributed by atoms with van der Waals surface area (Å²) in [4.78, 5) is 0. The van der Waals surface area contributed by atoms with Crippen molar-refractivity contribution < 1.29 is 4.74 Å². The van der Waals surface area contributed by atoms with Gasteiger partial charge in [0.25, 0.3) is 0 Å². The number of thiocarbonyl (C=S) groups is 1. The van der Waals surface area contributed by atoms with Crippen molar-refractivity contribution in [2.75, 3.05) is 19.8 Å². The molecule has 0 bridgehead atoms. The van der Waals surface area contributed by atoms with Crippen LogP contribution in [0.1, 0.15) is 6.42 Å². The summed E-state index contributed by atoms with van der Waals surface area (Å²) in [7, 11) is 0. The van der Waals surface area contributed by atoms with Gasteiger partial charge in [0.2, 0.25) is 0 Å². The Kier molecular flexibility index (Phi) is 5.03. The summed E-state index contributed by atoms with van der Waals surface area (Å²) < 4.78 is 5.38. The standard InChI is InChI=1S/C9H15N3OS/c10-9(14)12-5-6-13-7-8-3-1-2-4-11-8/h2-4,11H,1,5-7H2,(H3,10,12,14). The number of rotatable bonds is 5. The second kappa shape index (κ2) is 6.39. The molecular formula is C9H15N3OS. The SMILES string of the molecule is NC(=S)NCCOCC1=CCC=CN1. The summed E-state index contributed by atoms with van der Waals surface area (Å²) in [6, 6.07) is 0. The molecule has 0 unspecified atom stereocenters. The number of nitrogens with one attached hydrogen (secondary N) is 2. The Morgan fingerprint density at radius 1 is 1.71 bits per heavy atom. The first kappa shape index (κ1) is 11.0. The van der Waals surface area contributed by atoms with Crippen LogP contribution in [0, 0.1) is 0 Å². The Bertz CT molecular complexity index is 250. The van der Waals surface area contributed by atoms with Gasteiger partial charge in [-0.3, -0.25) is 0 Å². The lowest BCUT2D eigenvalue weighted by atomic mass is 10.3. The van der Waals surface area contributed by atoms with E-state index in [1.807, 2.05) is 6.20 Å². The molecule has 0 spiro atoms. The van der Waals surface area contributed by atoms with Crippen LogP contribution in [-0.4, -0.2) is 24.9 Å². The molecule has 4 N–H and O–H groups in total. The molecule has 0 aromatic heterocycles. The van der Waals surface area contributed by atoms with Crippen molar-refractivity contribution in [3.8, 4) is 0 Å². The smallest absolute Gasteiger partial charge is 0.163 e. The predicted octanol–water partition coefficient (Wildman–Crippen LogP) is 0.227. The van der Waals surface area contributed by atoms with Crippen LogP contribution in [0.4, 0.5) is 0 Å². The highest BCUT2D eigenvalue weighted by Gasteiger charge is 1.97. The van der Waals surface area contributed by atoms with Crippen LogP contribution in [0.2, 0.25) is 0 Å². The molecule has 0 amide bonds. The zero-order chi connectivity index (χ0) is 10.2. The quantitative estimate of drug-likeness (QED) is 0.451. The van der Waals surface area contributed by atoms with Crippen LogP contribution >= 0.6 is 12.2 Å². The van der Waals surface area contributed by atoms with Gasteiger partial charge in [-0.05, 0) is 24.8 Å². The third-order valence-corrected chi connectivity index (χ3v) is 1.83. The van der Waals surface area contributed by atoms with E-state index in [9.17, 15) is 0 Å². The molecule has 0 aromatic carbocycles. The molecule has 78 valence electrons. The first-order chi connectivity index (χ1) is 6.79. The van der Waals surface area contributed by atoms with E-state index in [0.29, 0.717) is 24.9 Å². The van der Waals surface area contributed by atoms with Crippen LogP contribution in [0.3, 0.4) is 0 Å². The minimum atomic E-state index is 0.312. The van der Waals surface area contributed by atoms with E-state index in [1.165, 1.54) is 0 Å². The lowest BCUT2D eigenvalue weighted by molar-refractivity contribution is 0.158. The second-order valence-corrected chi connectivity index (χ2v) is 3.30. The highest BCUT2D eigenvalue weighted by atomic mass is 32.1. The minimum Gasteiger partial charge on any atom is -0.376 e. The molecule has 0 radical (unpaired) electrons. The highest BCUT2D eigenvalue weighted by Crippen LogP contribution is 1.99. The molecule has 0 aliphatic carbocycles. The van der Waals surface area contributed by atoms with Gasteiger partial charge >= 0.3 is 0 Å². The molecule has 0 saturated heterocycles. The van der Waals surface area contributed by atoms with E-state index >= 15 is 0 Å². The van der Waals surface area contributed by atoms with E-state index in [0.717, 1.165) is 12.1 Å². The summed E-state index contributed by atoms with van der Waals surface area (Å²) >= 11 is 4.65. The van der Waals surface area contributed by atoms with Crippen LogP contribution in [0.5, 0.6) is 0 Å². The molecule has 1 rings (SSSR count). The number of ether oxygens (including phenoxy) is 1. The zero-order valence-corrected chi connectivity index (χ0v) is 8.77. The zero-order valence-electron chi connectivity index (χ0n) is 7.95. The Balaban J connectivity index is 1.98. The topological polar surface area (TPSA) is 59.3 Å². The first-order valence-corrected chi connectivity index (χ1v) is 4.91. The van der Waals surface area contributed by atoms with Crippen LogP contribution < -0.4 is 16.4 Å². The Morgan fingerprint density at radius 2 is 2.57 bits per heavy atom. The van der Waals surface area contributed by atoms with E-state index in [1.54, 1.807) is 0 Å². The van der Waals surface area contributed by atoms with Crippen molar-refractivity contribution in [2.45, 2.75) is 6.42 Å². The van der Waals surface area contributed by atoms with E-state index in [4.69, 9.17) is 10.5 Å². The van der Waals surface area contributed by atoms with Crippen molar-refractivity contribution >= 4 is 17.3 Å². The van der Waals surface area contributed by atoms with Crippen LogP contribution in [-0.2, 0) is 4.74 Å². The molecule has 5 heteroatoms. The van der Waals surface area contributed by atoms with E-state index in [2.05, 4.69) is 35.0 Å². The summed E-state index contributed by atoms with van der Waals surface area (Å²) in [6.45, 7) is 1.85. The number of hydrogen-bond donors (Lipinski definition) is 3. The van der Waals surface area contributed by atoms with Crippen molar-refractivity contribution in [3.63, 3.8) is 0 Å². The van der Waals surface area contributed by atoms with Gasteiger partial charge in [-0.2, -0.15) is 0 Å². The Morgan fingerprint density at radius 3 is 3.21 bits per heavy atom. The van der Waals surface area contributed by atoms with Gasteiger partial charge in [0.15, 0.2) is 5.11 Å². The maximum absolute atomic E-state index is 5.38. The van der Waals surface area contributed by atoms with Crippen LogP contribution in [0.15, 0.2) is 24.0 Å². The van der Waals surface area contributed by atoms with E-state index < -0.39 is 0 Å². The van der Waals surface area contributed by atoms with Gasteiger partial charge < -0.3 is 21.1 Å². The van der Waals surface area contributed by atoms with Gasteiger partial charge in [-0.25, -0.2) is 0 Å². The summed E-state index contributed by atoms with van der Waals surface area (Å²) in [6.07, 6.45) is 7.04. The van der Waals surface area contributed by atoms with Gasteiger partial charge in [-0.1, -0.05) is 12.2 Å². The minimum absolute atomic E-state index is 0.312. The Labute approximate surface area is 89.2 Å². The van der Waals surface area contributed by atoms with Crippen molar-refractivity contribution in [1.82, 2.24) is 10.6 Å². The maximum Gasteiger partial charge on any atom is 0.163 e. The fourth-order valence-corrected chi connectivity index (χ4v) is 1.13. The van der Waals surface area contributed by atoms with Crippen LogP contribution in [0.25, 0.3) is 0 Å². The highest BCUT2D eigenvalue weighted by molar-refractivity contribution is 7.80. The normalized spacial score (nSPS) is 14.4. The molecule has 14 heavy (non-hydrogen) atoms. The third-order valence-electron chi connectivity index (χ3n) is 1.69. The summed E-state index contributed by atoms with van der Waals surface area (Å²) in [5, 5.41) is 6.23. The molecule has 4 nitrogen and oxygen atoms in total. The molecule has 1 aliphatic rings. The van der Waals surface area contributed by atoms with Gasteiger partial charge in [-0.15, -0.1) is 0 Å². The third kappa shape index (κ3) is 4.84. The summed E-state index contributed by atoms with van der Waals surface area (Å²) in [5.41, 5.74) is 6.35. The fourth-order valence-electron chi connectivity index (χ4n) is 1.03. The van der Waals surface area contributed by atoms with Gasteiger partial charge in [0.1, 0.15) is 0 Å². The van der Waals surface area contributed by atoms with Crippen molar-refractivity contribution in [1.29, 1.82) is 0 Å². The van der Waals surface area contributed by atoms with Gasteiger partial charge in [0.05, 0.1) is 13.2 Å². The number of nitrogens with two attached hydrogens (primary N) is 1. The predicted molar refractivity (Wildman–Crippen MR) is 60.6 cm³/mol. The fraction of sp³-hybridized carbons (Fsp3) is 0.444. The van der Waals surface area contributed by atoms with Crippen molar-refractivity contribution in [3.05, 3.63) is 24.0 Å². The van der Waals surface area contributed by atoms with Gasteiger partial charge in [0, 0.05) is 12.2 Å². The average Bonchev–Trinajstić information content (AvgIpc) is 2.18. The molecule has 0 atom stereocenters. The monoisotopic (exact) mass is 213 g/mol.